The van der Waals surface area contributed by atoms with Gasteiger partial charge in [-0.2, -0.15) is 0 Å². The molecule has 6 heteroatoms. The Hall–Kier alpha value is -1.27. The van der Waals surface area contributed by atoms with Crippen molar-refractivity contribution in [1.29, 1.82) is 0 Å². The molecular formula is C15H26N2O3S. The molecular weight excluding hydrogens is 288 g/mol. The molecule has 0 aliphatic carbocycles. The number of sulfonamides is 1. The zero-order chi connectivity index (χ0) is 16.0. The maximum atomic E-state index is 12.5. The van der Waals surface area contributed by atoms with Crippen molar-refractivity contribution < 1.29 is 13.5 Å². The van der Waals surface area contributed by atoms with Crippen molar-refractivity contribution in [2.24, 2.45) is 0 Å². The van der Waals surface area contributed by atoms with Gasteiger partial charge in [0.1, 0.15) is 5.75 Å². The number of rotatable bonds is 8. The Labute approximate surface area is 128 Å². The van der Waals surface area contributed by atoms with Crippen LogP contribution in [0.5, 0.6) is 5.75 Å². The lowest BCUT2D eigenvalue weighted by atomic mass is 10.2. The van der Waals surface area contributed by atoms with Gasteiger partial charge < -0.3 is 10.4 Å². The SMILES string of the molecule is CCN(c1cc(O)ccc1C)S(=O)(=O)CCCNC(C)C. The minimum absolute atomic E-state index is 0.0747. The molecule has 0 heterocycles. The molecule has 0 spiro atoms. The minimum atomic E-state index is -3.38. The van der Waals surface area contributed by atoms with Crippen LogP contribution in [-0.4, -0.2) is 38.4 Å². The highest BCUT2D eigenvalue weighted by molar-refractivity contribution is 7.92. The third kappa shape index (κ3) is 5.21. The molecule has 1 aromatic rings. The van der Waals surface area contributed by atoms with Crippen molar-refractivity contribution in [3.63, 3.8) is 0 Å². The van der Waals surface area contributed by atoms with Crippen LogP contribution in [-0.2, 0) is 10.0 Å². The van der Waals surface area contributed by atoms with Crippen molar-refractivity contribution in [3.8, 4) is 5.75 Å². The average molecular weight is 314 g/mol. The zero-order valence-electron chi connectivity index (χ0n) is 13.3. The first-order valence-corrected chi connectivity index (χ1v) is 8.92. The lowest BCUT2D eigenvalue weighted by Crippen LogP contribution is -2.35. The first-order chi connectivity index (χ1) is 9.77. The maximum Gasteiger partial charge on any atom is 0.235 e. The largest absolute Gasteiger partial charge is 0.508 e. The monoisotopic (exact) mass is 314 g/mol. The first-order valence-electron chi connectivity index (χ1n) is 7.31. The summed E-state index contributed by atoms with van der Waals surface area (Å²) >= 11 is 0. The number of hydrogen-bond acceptors (Lipinski definition) is 4. The van der Waals surface area contributed by atoms with Gasteiger partial charge in [-0.1, -0.05) is 19.9 Å². The second-order valence-electron chi connectivity index (χ2n) is 5.41. The van der Waals surface area contributed by atoms with Crippen molar-refractivity contribution in [2.75, 3.05) is 23.1 Å². The molecule has 0 radical (unpaired) electrons. The van der Waals surface area contributed by atoms with Gasteiger partial charge in [0.05, 0.1) is 11.4 Å². The number of anilines is 1. The Morgan fingerprint density at radius 3 is 2.57 bits per heavy atom. The van der Waals surface area contributed by atoms with Gasteiger partial charge in [0, 0.05) is 18.7 Å². The fourth-order valence-corrected chi connectivity index (χ4v) is 3.76. The fraction of sp³-hybridized carbons (Fsp3) is 0.600. The molecule has 0 atom stereocenters. The highest BCUT2D eigenvalue weighted by Crippen LogP contribution is 2.27. The third-order valence-electron chi connectivity index (χ3n) is 3.22. The van der Waals surface area contributed by atoms with Crippen LogP contribution in [0.4, 0.5) is 5.69 Å². The van der Waals surface area contributed by atoms with E-state index in [0.29, 0.717) is 31.2 Å². The quantitative estimate of drug-likeness (QED) is 0.722. The predicted octanol–water partition coefficient (Wildman–Crippen LogP) is 2.24. The molecule has 0 aromatic heterocycles. The molecule has 0 saturated heterocycles. The van der Waals surface area contributed by atoms with Crippen LogP contribution in [0.25, 0.3) is 0 Å². The Morgan fingerprint density at radius 1 is 1.33 bits per heavy atom. The molecule has 1 rings (SSSR count). The molecule has 0 bridgehead atoms. The average Bonchev–Trinajstić information content (AvgIpc) is 2.39. The van der Waals surface area contributed by atoms with E-state index in [-0.39, 0.29) is 11.5 Å². The molecule has 0 fully saturated rings. The van der Waals surface area contributed by atoms with Gasteiger partial charge in [-0.15, -0.1) is 0 Å². The molecule has 120 valence electrons. The number of benzene rings is 1. The van der Waals surface area contributed by atoms with Crippen LogP contribution >= 0.6 is 0 Å². The number of phenols is 1. The lowest BCUT2D eigenvalue weighted by Gasteiger charge is -2.24. The second kappa shape index (κ2) is 7.66. The summed E-state index contributed by atoms with van der Waals surface area (Å²) in [6, 6.07) is 5.14. The van der Waals surface area contributed by atoms with Crippen molar-refractivity contribution >= 4 is 15.7 Å². The predicted molar refractivity (Wildman–Crippen MR) is 87.4 cm³/mol. The normalized spacial score (nSPS) is 11.9. The van der Waals surface area contributed by atoms with Crippen LogP contribution in [0.1, 0.15) is 32.8 Å². The van der Waals surface area contributed by atoms with Crippen molar-refractivity contribution in [3.05, 3.63) is 23.8 Å². The van der Waals surface area contributed by atoms with Gasteiger partial charge in [-0.05, 0) is 38.4 Å². The molecule has 21 heavy (non-hydrogen) atoms. The summed E-state index contributed by atoms with van der Waals surface area (Å²) in [6.07, 6.45) is 0.564. The van der Waals surface area contributed by atoms with E-state index in [9.17, 15) is 13.5 Å². The van der Waals surface area contributed by atoms with Gasteiger partial charge in [0.25, 0.3) is 0 Å². The fourth-order valence-electron chi connectivity index (χ4n) is 2.14. The number of aryl methyl sites for hydroxylation is 1. The molecule has 0 aliphatic rings. The summed E-state index contributed by atoms with van der Waals surface area (Å²) in [5, 5.41) is 12.8. The van der Waals surface area contributed by atoms with E-state index in [2.05, 4.69) is 5.32 Å². The van der Waals surface area contributed by atoms with E-state index in [1.54, 1.807) is 19.1 Å². The summed E-state index contributed by atoms with van der Waals surface area (Å²) in [5.41, 5.74) is 1.38. The van der Waals surface area contributed by atoms with Gasteiger partial charge in [-0.3, -0.25) is 4.31 Å². The third-order valence-corrected chi connectivity index (χ3v) is 5.15. The van der Waals surface area contributed by atoms with Crippen molar-refractivity contribution in [2.45, 2.75) is 40.2 Å². The van der Waals surface area contributed by atoms with Gasteiger partial charge in [0.15, 0.2) is 0 Å². The summed E-state index contributed by atoms with van der Waals surface area (Å²) in [6.45, 7) is 8.73. The van der Waals surface area contributed by atoms with Gasteiger partial charge in [0.2, 0.25) is 10.0 Å². The molecule has 0 amide bonds. The molecule has 0 saturated carbocycles. The van der Waals surface area contributed by atoms with Crippen LogP contribution in [0.3, 0.4) is 0 Å². The molecule has 2 N–H and O–H groups in total. The summed E-state index contributed by atoms with van der Waals surface area (Å²) < 4.78 is 26.3. The first kappa shape index (κ1) is 17.8. The Kier molecular flexibility index (Phi) is 6.48. The van der Waals surface area contributed by atoms with E-state index in [4.69, 9.17) is 0 Å². The van der Waals surface area contributed by atoms with Gasteiger partial charge >= 0.3 is 0 Å². The highest BCUT2D eigenvalue weighted by atomic mass is 32.2. The maximum absolute atomic E-state index is 12.5. The molecule has 5 nitrogen and oxygen atoms in total. The Balaban J connectivity index is 2.85. The summed E-state index contributed by atoms with van der Waals surface area (Å²) in [7, 11) is -3.38. The van der Waals surface area contributed by atoms with E-state index >= 15 is 0 Å². The van der Waals surface area contributed by atoms with E-state index in [1.807, 2.05) is 20.8 Å². The number of phenolic OH excluding ortho intramolecular Hbond substituents is 1. The topological polar surface area (TPSA) is 69.6 Å². The second-order valence-corrected chi connectivity index (χ2v) is 7.43. The van der Waals surface area contributed by atoms with Crippen LogP contribution in [0.15, 0.2) is 18.2 Å². The van der Waals surface area contributed by atoms with E-state index < -0.39 is 10.0 Å². The summed E-state index contributed by atoms with van der Waals surface area (Å²) in [5.74, 6) is 0.168. The van der Waals surface area contributed by atoms with Gasteiger partial charge in [-0.25, -0.2) is 8.42 Å². The zero-order valence-corrected chi connectivity index (χ0v) is 14.1. The highest BCUT2D eigenvalue weighted by Gasteiger charge is 2.22. The van der Waals surface area contributed by atoms with E-state index in [1.165, 1.54) is 10.4 Å². The number of aromatic hydroxyl groups is 1. The minimum Gasteiger partial charge on any atom is -0.508 e. The van der Waals surface area contributed by atoms with Crippen LogP contribution in [0, 0.1) is 6.92 Å². The molecule has 0 aliphatic heterocycles. The smallest absolute Gasteiger partial charge is 0.235 e. The number of nitrogens with one attached hydrogen (secondary N) is 1. The van der Waals surface area contributed by atoms with Crippen molar-refractivity contribution in [1.82, 2.24) is 5.32 Å². The molecule has 1 aromatic carbocycles. The summed E-state index contributed by atoms with van der Waals surface area (Å²) in [4.78, 5) is 0. The number of nitrogens with zero attached hydrogens (tertiary/aromatic N) is 1. The molecule has 0 unspecified atom stereocenters. The Bertz CT molecular complexity index is 556. The lowest BCUT2D eigenvalue weighted by molar-refractivity contribution is 0.475. The Morgan fingerprint density at radius 2 is 2.00 bits per heavy atom. The van der Waals surface area contributed by atoms with Crippen LogP contribution < -0.4 is 9.62 Å². The van der Waals surface area contributed by atoms with E-state index in [0.717, 1.165) is 5.56 Å². The van der Waals surface area contributed by atoms with Crippen LogP contribution in [0.2, 0.25) is 0 Å². The standard InChI is InChI=1S/C15H26N2O3S/c1-5-17(15-11-14(18)8-7-13(15)4)21(19,20)10-6-9-16-12(2)3/h7-8,11-12,16,18H,5-6,9-10H2,1-4H3. The number of hydrogen-bond donors (Lipinski definition) is 2.